The van der Waals surface area contributed by atoms with Crippen molar-refractivity contribution in [2.45, 2.75) is 26.7 Å². The second-order valence-corrected chi connectivity index (χ2v) is 4.59. The number of aliphatic carboxylic acids is 1. The highest BCUT2D eigenvalue weighted by Crippen LogP contribution is 2.15. The van der Waals surface area contributed by atoms with Gasteiger partial charge in [-0.3, -0.25) is 14.4 Å². The molecule has 102 valence electrons. The topological polar surface area (TPSA) is 83.5 Å². The Morgan fingerprint density at radius 1 is 1.16 bits per heavy atom. The number of carbonyl (C=O) groups excluding carboxylic acids is 2. The van der Waals surface area contributed by atoms with E-state index in [1.165, 1.54) is 6.92 Å². The van der Waals surface area contributed by atoms with E-state index in [1.54, 1.807) is 31.2 Å². The molecule has 1 aromatic carbocycles. The molecule has 0 saturated heterocycles. The molecule has 0 saturated carbocycles. The number of carboxylic acid groups (broad SMARTS) is 1. The Bertz CT molecular complexity index is 479. The molecule has 0 aliphatic carbocycles. The molecule has 0 bridgehead atoms. The van der Waals surface area contributed by atoms with Crippen LogP contribution in [-0.2, 0) is 9.59 Å². The van der Waals surface area contributed by atoms with Crippen LogP contribution in [0.25, 0.3) is 0 Å². The number of nitrogens with one attached hydrogen (secondary N) is 1. The van der Waals surface area contributed by atoms with Crippen molar-refractivity contribution in [1.29, 1.82) is 0 Å². The van der Waals surface area contributed by atoms with E-state index < -0.39 is 5.97 Å². The van der Waals surface area contributed by atoms with Gasteiger partial charge in [0.25, 0.3) is 0 Å². The first-order valence-electron chi connectivity index (χ1n) is 6.01. The molecule has 0 aliphatic rings. The summed E-state index contributed by atoms with van der Waals surface area (Å²) >= 11 is 0. The number of carboxylic acids is 1. The Balaban J connectivity index is 2.62. The molecule has 5 heteroatoms. The third kappa shape index (κ3) is 5.33. The van der Waals surface area contributed by atoms with Crippen molar-refractivity contribution in [3.63, 3.8) is 0 Å². The largest absolute Gasteiger partial charge is 0.481 e. The van der Waals surface area contributed by atoms with Crippen LogP contribution in [0.15, 0.2) is 24.3 Å². The quantitative estimate of drug-likeness (QED) is 0.771. The third-order valence-corrected chi connectivity index (χ3v) is 2.58. The maximum Gasteiger partial charge on any atom is 0.303 e. The number of ketones is 1. The van der Waals surface area contributed by atoms with Crippen LogP contribution in [0.2, 0.25) is 0 Å². The highest BCUT2D eigenvalue weighted by Gasteiger charge is 2.14. The fourth-order valence-electron chi connectivity index (χ4n) is 1.75. The minimum Gasteiger partial charge on any atom is -0.481 e. The number of anilines is 1. The molecule has 0 heterocycles. The molecule has 1 amide bonds. The van der Waals surface area contributed by atoms with Crippen LogP contribution in [0.5, 0.6) is 0 Å². The van der Waals surface area contributed by atoms with Crippen LogP contribution in [0.3, 0.4) is 0 Å². The van der Waals surface area contributed by atoms with Crippen molar-refractivity contribution < 1.29 is 19.5 Å². The number of rotatable bonds is 6. The number of benzene rings is 1. The van der Waals surface area contributed by atoms with E-state index in [1.807, 2.05) is 0 Å². The predicted molar refractivity (Wildman–Crippen MR) is 71.1 cm³/mol. The highest BCUT2D eigenvalue weighted by molar-refractivity contribution is 5.97. The standard InChI is InChI=1S/C14H17NO4/c1-9(8-14(18)19)7-13(17)11-3-5-12(6-4-11)15-10(2)16/h3-6,9H,7-8H2,1-2H3,(H,15,16)(H,18,19). The first-order valence-corrected chi connectivity index (χ1v) is 6.01. The van der Waals surface area contributed by atoms with E-state index in [2.05, 4.69) is 5.32 Å². The second kappa shape index (κ2) is 6.68. The number of carbonyl (C=O) groups is 3. The van der Waals surface area contributed by atoms with Crippen molar-refractivity contribution in [3.05, 3.63) is 29.8 Å². The smallest absolute Gasteiger partial charge is 0.303 e. The van der Waals surface area contributed by atoms with Gasteiger partial charge >= 0.3 is 5.97 Å². The summed E-state index contributed by atoms with van der Waals surface area (Å²) in [7, 11) is 0. The summed E-state index contributed by atoms with van der Waals surface area (Å²) in [5.74, 6) is -1.36. The van der Waals surface area contributed by atoms with Gasteiger partial charge in [-0.25, -0.2) is 0 Å². The number of amides is 1. The van der Waals surface area contributed by atoms with Crippen molar-refractivity contribution in [2.75, 3.05) is 5.32 Å². The molecule has 5 nitrogen and oxygen atoms in total. The van der Waals surface area contributed by atoms with E-state index in [9.17, 15) is 14.4 Å². The molecule has 0 aliphatic heterocycles. The lowest BCUT2D eigenvalue weighted by Crippen LogP contribution is -2.10. The zero-order chi connectivity index (χ0) is 14.4. The van der Waals surface area contributed by atoms with Crippen LogP contribution in [0.1, 0.15) is 37.0 Å². The molecule has 0 fully saturated rings. The summed E-state index contributed by atoms with van der Waals surface area (Å²) in [6, 6.07) is 6.55. The Hall–Kier alpha value is -2.17. The second-order valence-electron chi connectivity index (χ2n) is 4.59. The first-order chi connectivity index (χ1) is 8.88. The molecule has 0 radical (unpaired) electrons. The molecule has 19 heavy (non-hydrogen) atoms. The van der Waals surface area contributed by atoms with Gasteiger partial charge in [0.2, 0.25) is 5.91 Å². The van der Waals surface area contributed by atoms with Crippen LogP contribution in [0, 0.1) is 5.92 Å². The number of hydrogen-bond acceptors (Lipinski definition) is 3. The van der Waals surface area contributed by atoms with E-state index >= 15 is 0 Å². The molecule has 1 aromatic rings. The molecule has 1 rings (SSSR count). The van der Waals surface area contributed by atoms with Crippen LogP contribution in [0.4, 0.5) is 5.69 Å². The first kappa shape index (κ1) is 14.9. The summed E-state index contributed by atoms with van der Waals surface area (Å²) in [5.41, 5.74) is 1.15. The van der Waals surface area contributed by atoms with E-state index in [0.717, 1.165) is 0 Å². The Kier molecular flexibility index (Phi) is 5.23. The third-order valence-electron chi connectivity index (χ3n) is 2.58. The van der Waals surface area contributed by atoms with Gasteiger partial charge in [-0.05, 0) is 30.2 Å². The fourth-order valence-corrected chi connectivity index (χ4v) is 1.75. The number of Topliss-reactive ketones (excluding diaryl/α,β-unsaturated/α-hetero) is 1. The van der Waals surface area contributed by atoms with E-state index in [0.29, 0.717) is 11.3 Å². The Labute approximate surface area is 111 Å². The van der Waals surface area contributed by atoms with Crippen LogP contribution in [-0.4, -0.2) is 22.8 Å². The van der Waals surface area contributed by atoms with Gasteiger partial charge < -0.3 is 10.4 Å². The molecule has 0 aromatic heterocycles. The molecular formula is C14H17NO4. The van der Waals surface area contributed by atoms with Gasteiger partial charge in [-0.15, -0.1) is 0 Å². The predicted octanol–water partition coefficient (Wildman–Crippen LogP) is 2.33. The lowest BCUT2D eigenvalue weighted by atomic mass is 9.97. The van der Waals surface area contributed by atoms with Gasteiger partial charge in [-0.2, -0.15) is 0 Å². The van der Waals surface area contributed by atoms with Gasteiger partial charge in [0.15, 0.2) is 5.78 Å². The van der Waals surface area contributed by atoms with E-state index in [-0.39, 0.29) is 30.4 Å². The Morgan fingerprint density at radius 2 is 1.74 bits per heavy atom. The minimum absolute atomic E-state index is 0.0181. The Morgan fingerprint density at radius 3 is 2.21 bits per heavy atom. The van der Waals surface area contributed by atoms with Gasteiger partial charge in [0.05, 0.1) is 0 Å². The SMILES string of the molecule is CC(=O)Nc1ccc(C(=O)CC(C)CC(=O)O)cc1. The zero-order valence-electron chi connectivity index (χ0n) is 11.0. The van der Waals surface area contributed by atoms with Crippen molar-refractivity contribution in [2.24, 2.45) is 5.92 Å². The molecule has 1 unspecified atom stereocenters. The molecule has 2 N–H and O–H groups in total. The van der Waals surface area contributed by atoms with E-state index in [4.69, 9.17) is 5.11 Å². The highest BCUT2D eigenvalue weighted by atomic mass is 16.4. The average Bonchev–Trinajstić information content (AvgIpc) is 2.27. The average molecular weight is 263 g/mol. The molecular weight excluding hydrogens is 246 g/mol. The van der Waals surface area contributed by atoms with Gasteiger partial charge in [-0.1, -0.05) is 6.92 Å². The summed E-state index contributed by atoms with van der Waals surface area (Å²) in [6.07, 6.45) is 0.182. The fraction of sp³-hybridized carbons (Fsp3) is 0.357. The lowest BCUT2D eigenvalue weighted by molar-refractivity contribution is -0.137. The van der Waals surface area contributed by atoms with Gasteiger partial charge in [0, 0.05) is 31.0 Å². The maximum absolute atomic E-state index is 11.9. The maximum atomic E-state index is 11.9. The van der Waals surface area contributed by atoms with Crippen molar-refractivity contribution in [1.82, 2.24) is 0 Å². The normalized spacial score (nSPS) is 11.7. The van der Waals surface area contributed by atoms with Crippen LogP contribution < -0.4 is 5.32 Å². The zero-order valence-corrected chi connectivity index (χ0v) is 11.0. The van der Waals surface area contributed by atoms with Crippen LogP contribution >= 0.6 is 0 Å². The molecule has 1 atom stereocenters. The summed E-state index contributed by atoms with van der Waals surface area (Å²) in [5, 5.41) is 11.2. The summed E-state index contributed by atoms with van der Waals surface area (Å²) < 4.78 is 0. The minimum atomic E-state index is -0.902. The lowest BCUT2D eigenvalue weighted by Gasteiger charge is -2.08. The number of hydrogen-bond donors (Lipinski definition) is 2. The molecule has 0 spiro atoms. The monoisotopic (exact) mass is 263 g/mol. The van der Waals surface area contributed by atoms with Crippen molar-refractivity contribution in [3.8, 4) is 0 Å². The van der Waals surface area contributed by atoms with Gasteiger partial charge in [0.1, 0.15) is 0 Å². The summed E-state index contributed by atoms with van der Waals surface area (Å²) in [6.45, 7) is 3.14. The summed E-state index contributed by atoms with van der Waals surface area (Å²) in [4.78, 5) is 33.3. The van der Waals surface area contributed by atoms with Crippen molar-refractivity contribution >= 4 is 23.3 Å².